The predicted octanol–water partition coefficient (Wildman–Crippen LogP) is 2.02. The minimum Gasteiger partial charge on any atom is -0.486 e. The lowest BCUT2D eigenvalue weighted by Gasteiger charge is -2.19. The minimum absolute atomic E-state index is 0.569. The van der Waals surface area contributed by atoms with Crippen LogP contribution in [-0.4, -0.2) is 28.1 Å². The van der Waals surface area contributed by atoms with Crippen LogP contribution in [0.25, 0.3) is 0 Å². The molecule has 0 bridgehead atoms. The van der Waals surface area contributed by atoms with Gasteiger partial charge in [0, 0.05) is 6.42 Å². The lowest BCUT2D eigenvalue weighted by Crippen LogP contribution is -2.18. The molecule has 0 fully saturated rings. The third-order valence-corrected chi connectivity index (χ3v) is 3.38. The van der Waals surface area contributed by atoms with Crippen molar-refractivity contribution < 1.29 is 9.47 Å². The first-order valence-corrected chi connectivity index (χ1v) is 6.97. The Labute approximate surface area is 121 Å². The van der Waals surface area contributed by atoms with E-state index in [1.165, 1.54) is 0 Å². The maximum absolute atomic E-state index is 5.57. The molecule has 20 heavy (non-hydrogen) atoms. The van der Waals surface area contributed by atoms with E-state index >= 15 is 0 Å². The number of fused-ring (bicyclic) bond motifs is 1. The Bertz CT molecular complexity index is 665. The first-order chi connectivity index (χ1) is 9.78. The summed E-state index contributed by atoms with van der Waals surface area (Å²) in [6.07, 6.45) is 0.807. The van der Waals surface area contributed by atoms with Gasteiger partial charge in [-0.05, 0) is 29.9 Å². The van der Waals surface area contributed by atoms with Gasteiger partial charge in [0.2, 0.25) is 4.77 Å². The zero-order valence-electron chi connectivity index (χ0n) is 11.2. The third kappa shape index (κ3) is 2.49. The molecule has 1 aliphatic rings. The molecule has 1 aromatic heterocycles. The van der Waals surface area contributed by atoms with Crippen molar-refractivity contribution in [1.82, 2.24) is 14.9 Å². The first-order valence-electron chi connectivity index (χ1n) is 6.56. The molecule has 2 heterocycles. The molecule has 106 valence electrons. The van der Waals surface area contributed by atoms with E-state index in [2.05, 4.69) is 15.6 Å². The zero-order valence-corrected chi connectivity index (χ0v) is 12.0. The Morgan fingerprint density at radius 2 is 2.15 bits per heavy atom. The number of ether oxygens (including phenoxy) is 2. The first kappa shape index (κ1) is 13.0. The second kappa shape index (κ2) is 5.54. The highest BCUT2D eigenvalue weighted by atomic mass is 32.1. The van der Waals surface area contributed by atoms with Gasteiger partial charge in [-0.2, -0.15) is 5.10 Å². The van der Waals surface area contributed by atoms with Crippen LogP contribution in [0.4, 0.5) is 0 Å². The molecule has 3 rings (SSSR count). The van der Waals surface area contributed by atoms with Crippen LogP contribution >= 0.6 is 12.2 Å². The van der Waals surface area contributed by atoms with Crippen LogP contribution in [0.15, 0.2) is 18.2 Å². The Kier molecular flexibility index (Phi) is 3.60. The maximum atomic E-state index is 5.57. The lowest BCUT2D eigenvalue weighted by atomic mass is 10.2. The van der Waals surface area contributed by atoms with Crippen LogP contribution in [0.3, 0.4) is 0 Å². The number of hydrogen-bond donors (Lipinski definition) is 2. The van der Waals surface area contributed by atoms with Crippen molar-refractivity contribution in [2.45, 2.75) is 19.9 Å². The third-order valence-electron chi connectivity index (χ3n) is 3.11. The molecule has 6 nitrogen and oxygen atoms in total. The van der Waals surface area contributed by atoms with Gasteiger partial charge < -0.3 is 14.9 Å². The number of benzene rings is 1. The molecular weight excluding hydrogens is 276 g/mol. The fourth-order valence-electron chi connectivity index (χ4n) is 2.10. The van der Waals surface area contributed by atoms with Crippen LogP contribution in [0.2, 0.25) is 0 Å². The van der Waals surface area contributed by atoms with Crippen molar-refractivity contribution in [2.75, 3.05) is 18.6 Å². The molecule has 0 saturated heterocycles. The van der Waals surface area contributed by atoms with Crippen LogP contribution in [0, 0.1) is 4.77 Å². The van der Waals surface area contributed by atoms with E-state index in [0.29, 0.717) is 24.5 Å². The van der Waals surface area contributed by atoms with Gasteiger partial charge in [0.05, 0.1) is 6.54 Å². The summed E-state index contributed by atoms with van der Waals surface area (Å²) in [6, 6.07) is 5.92. The average Bonchev–Trinajstić information content (AvgIpc) is 2.85. The Morgan fingerprint density at radius 3 is 2.95 bits per heavy atom. The van der Waals surface area contributed by atoms with E-state index in [4.69, 9.17) is 21.7 Å². The number of aryl methyl sites for hydroxylation is 1. The minimum atomic E-state index is 0.569. The fraction of sp³-hybridized carbons (Fsp3) is 0.385. The van der Waals surface area contributed by atoms with Crippen LogP contribution in [0.1, 0.15) is 18.3 Å². The van der Waals surface area contributed by atoms with Crippen molar-refractivity contribution in [3.63, 3.8) is 0 Å². The largest absolute Gasteiger partial charge is 0.486 e. The van der Waals surface area contributed by atoms with E-state index in [9.17, 15) is 0 Å². The number of aromatic amines is 1. The Hall–Kier alpha value is -2.02. The van der Waals surface area contributed by atoms with E-state index in [1.807, 2.05) is 25.1 Å². The molecule has 0 spiro atoms. The van der Waals surface area contributed by atoms with Gasteiger partial charge in [-0.1, -0.05) is 13.0 Å². The normalized spacial score (nSPS) is 13.2. The number of hydrogen-bond acceptors (Lipinski definition) is 5. The molecular formula is C13H16N4O2S. The topological polar surface area (TPSA) is 64.1 Å². The van der Waals surface area contributed by atoms with Crippen molar-refractivity contribution in [3.05, 3.63) is 34.4 Å². The van der Waals surface area contributed by atoms with Crippen molar-refractivity contribution in [3.8, 4) is 11.5 Å². The number of aromatic nitrogens is 3. The maximum Gasteiger partial charge on any atom is 0.214 e. The van der Waals surface area contributed by atoms with Gasteiger partial charge in [0.15, 0.2) is 17.3 Å². The highest BCUT2D eigenvalue weighted by Crippen LogP contribution is 2.30. The molecule has 0 atom stereocenters. The summed E-state index contributed by atoms with van der Waals surface area (Å²) in [7, 11) is 0. The molecule has 1 aromatic carbocycles. The van der Waals surface area contributed by atoms with E-state index in [1.54, 1.807) is 4.68 Å². The SMILES string of the molecule is CCc1n[nH]c(=S)n1NCc1ccc2c(c1)OCCO2. The van der Waals surface area contributed by atoms with Crippen LogP contribution < -0.4 is 14.9 Å². The standard InChI is InChI=1S/C13H16N4O2S/c1-2-12-15-16-13(20)17(12)14-8-9-3-4-10-11(7-9)19-6-5-18-10/h3-4,7,14H,2,5-6,8H2,1H3,(H,16,20). The predicted molar refractivity (Wildman–Crippen MR) is 77.3 cm³/mol. The fourth-order valence-corrected chi connectivity index (χ4v) is 2.31. The monoisotopic (exact) mass is 292 g/mol. The van der Waals surface area contributed by atoms with Gasteiger partial charge in [0.25, 0.3) is 0 Å². The molecule has 0 radical (unpaired) electrons. The molecule has 0 amide bonds. The Balaban J connectivity index is 1.75. The summed E-state index contributed by atoms with van der Waals surface area (Å²) < 4.78 is 13.4. The summed E-state index contributed by atoms with van der Waals surface area (Å²) in [4.78, 5) is 0. The quantitative estimate of drug-likeness (QED) is 0.844. The van der Waals surface area contributed by atoms with Crippen LogP contribution in [0.5, 0.6) is 11.5 Å². The molecule has 1 aliphatic heterocycles. The number of nitrogens with one attached hydrogen (secondary N) is 2. The van der Waals surface area contributed by atoms with E-state index < -0.39 is 0 Å². The van der Waals surface area contributed by atoms with Gasteiger partial charge in [0.1, 0.15) is 13.2 Å². The van der Waals surface area contributed by atoms with Crippen LogP contribution in [-0.2, 0) is 13.0 Å². The molecule has 7 heteroatoms. The highest BCUT2D eigenvalue weighted by Gasteiger charge is 2.11. The zero-order chi connectivity index (χ0) is 13.9. The molecule has 2 aromatic rings. The van der Waals surface area contributed by atoms with Crippen molar-refractivity contribution in [2.24, 2.45) is 0 Å². The van der Waals surface area contributed by atoms with Crippen molar-refractivity contribution in [1.29, 1.82) is 0 Å². The second-order valence-corrected chi connectivity index (χ2v) is 4.83. The van der Waals surface area contributed by atoms with Gasteiger partial charge in [-0.3, -0.25) is 5.10 Å². The van der Waals surface area contributed by atoms with E-state index in [-0.39, 0.29) is 0 Å². The number of H-pyrrole nitrogens is 1. The second-order valence-electron chi connectivity index (χ2n) is 4.45. The average molecular weight is 292 g/mol. The summed E-state index contributed by atoms with van der Waals surface area (Å²) in [6.45, 7) is 3.87. The number of nitrogens with zero attached hydrogens (tertiary/aromatic N) is 2. The Morgan fingerprint density at radius 1 is 1.35 bits per heavy atom. The summed E-state index contributed by atoms with van der Waals surface area (Å²) in [5.41, 5.74) is 4.35. The number of rotatable bonds is 4. The van der Waals surface area contributed by atoms with Crippen molar-refractivity contribution >= 4 is 12.2 Å². The summed E-state index contributed by atoms with van der Waals surface area (Å²) >= 11 is 5.19. The molecule has 0 aliphatic carbocycles. The summed E-state index contributed by atoms with van der Waals surface area (Å²) in [5.74, 6) is 2.48. The van der Waals surface area contributed by atoms with E-state index in [0.717, 1.165) is 29.3 Å². The lowest BCUT2D eigenvalue weighted by molar-refractivity contribution is 0.171. The smallest absolute Gasteiger partial charge is 0.214 e. The summed E-state index contributed by atoms with van der Waals surface area (Å²) in [5, 5.41) is 6.94. The van der Waals surface area contributed by atoms with Gasteiger partial charge >= 0.3 is 0 Å². The molecule has 0 unspecified atom stereocenters. The molecule has 0 saturated carbocycles. The van der Waals surface area contributed by atoms with Gasteiger partial charge in [-0.15, -0.1) is 0 Å². The molecule has 2 N–H and O–H groups in total. The van der Waals surface area contributed by atoms with Gasteiger partial charge in [-0.25, -0.2) is 4.68 Å². The highest BCUT2D eigenvalue weighted by molar-refractivity contribution is 7.71.